The molecule has 0 atom stereocenters. The van der Waals surface area contributed by atoms with E-state index in [1.54, 1.807) is 0 Å². The molecule has 1 aromatic heterocycles. The lowest BCUT2D eigenvalue weighted by Crippen LogP contribution is -2.17. The Balaban J connectivity index is 2.54. The predicted octanol–water partition coefficient (Wildman–Crippen LogP) is 0.923. The molecule has 1 aromatic rings. The average Bonchev–Trinajstić information content (AvgIpc) is 2.39. The second-order valence-corrected chi connectivity index (χ2v) is 4.18. The highest BCUT2D eigenvalue weighted by molar-refractivity contribution is 14.1. The number of carbonyl (C=O) groups excluding carboxylic acids is 1. The van der Waals surface area contributed by atoms with Crippen molar-refractivity contribution in [1.29, 1.82) is 0 Å². The number of nitrogens with zero attached hydrogens (tertiary/aromatic N) is 2. The molecule has 2 rings (SSSR count). The van der Waals surface area contributed by atoms with E-state index in [0.717, 1.165) is 35.2 Å². The highest BCUT2D eigenvalue weighted by Crippen LogP contribution is 2.22. The van der Waals surface area contributed by atoms with Crippen LogP contribution in [0.15, 0.2) is 0 Å². The lowest BCUT2D eigenvalue weighted by molar-refractivity contribution is 0.0998. The topological polar surface area (TPSA) is 60.9 Å². The van der Waals surface area contributed by atoms with Crippen LogP contribution in [-0.2, 0) is 13.0 Å². The molecule has 1 aliphatic heterocycles. The molecule has 2 N–H and O–H groups in total. The zero-order valence-electron chi connectivity index (χ0n) is 7.09. The maximum atomic E-state index is 11.1. The number of carbonyl (C=O) groups is 1. The Morgan fingerprint density at radius 3 is 3.00 bits per heavy atom. The van der Waals surface area contributed by atoms with Crippen LogP contribution in [-0.4, -0.2) is 15.7 Å². The van der Waals surface area contributed by atoms with Crippen molar-refractivity contribution >= 4 is 28.5 Å². The summed E-state index contributed by atoms with van der Waals surface area (Å²) in [6, 6.07) is 0. The van der Waals surface area contributed by atoms with Crippen LogP contribution in [0.2, 0.25) is 0 Å². The van der Waals surface area contributed by atoms with E-state index in [2.05, 4.69) is 27.7 Å². The van der Waals surface area contributed by atoms with E-state index in [9.17, 15) is 4.79 Å². The van der Waals surface area contributed by atoms with E-state index < -0.39 is 0 Å². The summed E-state index contributed by atoms with van der Waals surface area (Å²) in [5.41, 5.74) is 6.93. The van der Waals surface area contributed by atoms with Gasteiger partial charge in [0.2, 0.25) is 0 Å². The third-order valence-electron chi connectivity index (χ3n) is 2.29. The van der Waals surface area contributed by atoms with Crippen molar-refractivity contribution in [3.8, 4) is 0 Å². The Morgan fingerprint density at radius 1 is 1.54 bits per heavy atom. The van der Waals surface area contributed by atoms with Crippen LogP contribution in [0.3, 0.4) is 0 Å². The van der Waals surface area contributed by atoms with E-state index in [1.807, 2.05) is 4.68 Å². The van der Waals surface area contributed by atoms with Gasteiger partial charge in [-0.15, -0.1) is 0 Å². The minimum atomic E-state index is -0.354. The van der Waals surface area contributed by atoms with Crippen LogP contribution in [0.25, 0.3) is 0 Å². The molecular formula is C8H10IN3O. The van der Waals surface area contributed by atoms with Gasteiger partial charge in [0.15, 0.2) is 0 Å². The summed E-state index contributed by atoms with van der Waals surface area (Å²) >= 11 is 2.06. The van der Waals surface area contributed by atoms with Gasteiger partial charge in [-0.05, 0) is 41.9 Å². The first-order chi connectivity index (χ1) is 6.20. The summed E-state index contributed by atoms with van der Waals surface area (Å²) in [6.45, 7) is 0.915. The van der Waals surface area contributed by atoms with E-state index in [0.29, 0.717) is 5.56 Å². The maximum Gasteiger partial charge on any atom is 0.253 e. The Hall–Kier alpha value is -0.590. The molecular weight excluding hydrogens is 281 g/mol. The van der Waals surface area contributed by atoms with Crippen molar-refractivity contribution < 1.29 is 4.79 Å². The number of primary amides is 1. The van der Waals surface area contributed by atoms with Gasteiger partial charge in [0, 0.05) is 6.54 Å². The fourth-order valence-electron chi connectivity index (χ4n) is 1.70. The summed E-state index contributed by atoms with van der Waals surface area (Å²) in [5.74, 6) is -0.354. The number of hydrogen-bond acceptors (Lipinski definition) is 2. The molecule has 13 heavy (non-hydrogen) atoms. The first kappa shape index (κ1) is 8.98. The fourth-order valence-corrected chi connectivity index (χ4v) is 2.54. The van der Waals surface area contributed by atoms with Gasteiger partial charge >= 0.3 is 0 Å². The summed E-state index contributed by atoms with van der Waals surface area (Å²) < 4.78 is 2.65. The molecule has 1 aliphatic rings. The summed E-state index contributed by atoms with van der Waals surface area (Å²) in [6.07, 6.45) is 3.19. The normalized spacial score (nSPS) is 15.5. The van der Waals surface area contributed by atoms with Gasteiger partial charge in [-0.3, -0.25) is 9.48 Å². The quantitative estimate of drug-likeness (QED) is 0.782. The zero-order chi connectivity index (χ0) is 9.42. The average molecular weight is 291 g/mol. The number of hydrogen-bond donors (Lipinski definition) is 1. The summed E-state index contributed by atoms with van der Waals surface area (Å²) in [5, 5.41) is 4.27. The monoisotopic (exact) mass is 291 g/mol. The number of amides is 1. The SMILES string of the molecule is NC(=O)c1c(I)nn2c1CCCC2. The minimum Gasteiger partial charge on any atom is -0.365 e. The van der Waals surface area contributed by atoms with E-state index in [-0.39, 0.29) is 5.91 Å². The van der Waals surface area contributed by atoms with Crippen LogP contribution in [0.1, 0.15) is 28.9 Å². The second-order valence-electron chi connectivity index (χ2n) is 3.16. The van der Waals surface area contributed by atoms with Crippen LogP contribution >= 0.6 is 22.6 Å². The molecule has 0 aliphatic carbocycles. The lowest BCUT2D eigenvalue weighted by atomic mass is 10.1. The third kappa shape index (κ3) is 1.45. The van der Waals surface area contributed by atoms with E-state index >= 15 is 0 Å². The van der Waals surface area contributed by atoms with Crippen molar-refractivity contribution in [2.24, 2.45) is 5.73 Å². The predicted molar refractivity (Wildman–Crippen MR) is 56.4 cm³/mol. The van der Waals surface area contributed by atoms with Gasteiger partial charge in [0.1, 0.15) is 3.70 Å². The molecule has 0 fully saturated rings. The largest absolute Gasteiger partial charge is 0.365 e. The van der Waals surface area contributed by atoms with Crippen LogP contribution in [0, 0.1) is 3.70 Å². The molecule has 0 aromatic carbocycles. The Morgan fingerprint density at radius 2 is 2.31 bits per heavy atom. The number of aromatic nitrogens is 2. The molecule has 2 heterocycles. The Labute approximate surface area is 89.6 Å². The first-order valence-corrected chi connectivity index (χ1v) is 5.33. The Bertz CT molecular complexity index is 359. The molecule has 0 saturated heterocycles. The van der Waals surface area contributed by atoms with Crippen molar-refractivity contribution in [1.82, 2.24) is 9.78 Å². The molecule has 70 valence electrons. The van der Waals surface area contributed by atoms with Gasteiger partial charge in [-0.1, -0.05) is 0 Å². The van der Waals surface area contributed by atoms with Crippen molar-refractivity contribution in [3.63, 3.8) is 0 Å². The molecule has 1 amide bonds. The van der Waals surface area contributed by atoms with Gasteiger partial charge in [-0.2, -0.15) is 5.10 Å². The van der Waals surface area contributed by atoms with Gasteiger partial charge < -0.3 is 5.73 Å². The molecule has 4 nitrogen and oxygen atoms in total. The number of fused-ring (bicyclic) bond motifs is 1. The van der Waals surface area contributed by atoms with E-state index in [1.165, 1.54) is 0 Å². The van der Waals surface area contributed by atoms with E-state index in [4.69, 9.17) is 5.73 Å². The smallest absolute Gasteiger partial charge is 0.253 e. The molecule has 0 spiro atoms. The highest BCUT2D eigenvalue weighted by Gasteiger charge is 2.21. The second kappa shape index (κ2) is 3.28. The van der Waals surface area contributed by atoms with Crippen LogP contribution in [0.5, 0.6) is 0 Å². The number of aryl methyl sites for hydroxylation is 1. The maximum absolute atomic E-state index is 11.1. The molecule has 0 unspecified atom stereocenters. The van der Waals surface area contributed by atoms with Gasteiger partial charge in [0.05, 0.1) is 11.3 Å². The highest BCUT2D eigenvalue weighted by atomic mass is 127. The van der Waals surface area contributed by atoms with Crippen LogP contribution < -0.4 is 5.73 Å². The zero-order valence-corrected chi connectivity index (χ0v) is 9.24. The van der Waals surface area contributed by atoms with Crippen molar-refractivity contribution in [2.45, 2.75) is 25.8 Å². The molecule has 0 radical (unpaired) electrons. The molecule has 0 bridgehead atoms. The third-order valence-corrected chi connectivity index (χ3v) is 3.05. The minimum absolute atomic E-state index is 0.354. The van der Waals surface area contributed by atoms with Gasteiger partial charge in [-0.25, -0.2) is 0 Å². The van der Waals surface area contributed by atoms with Crippen LogP contribution in [0.4, 0.5) is 0 Å². The Kier molecular flexibility index (Phi) is 2.27. The lowest BCUT2D eigenvalue weighted by Gasteiger charge is -2.13. The molecule has 0 saturated carbocycles. The number of rotatable bonds is 1. The summed E-state index contributed by atoms with van der Waals surface area (Å²) in [7, 11) is 0. The van der Waals surface area contributed by atoms with Gasteiger partial charge in [0.25, 0.3) is 5.91 Å². The number of halogens is 1. The van der Waals surface area contributed by atoms with Crippen molar-refractivity contribution in [2.75, 3.05) is 0 Å². The molecule has 5 heteroatoms. The summed E-state index contributed by atoms with van der Waals surface area (Å²) in [4.78, 5) is 11.1. The first-order valence-electron chi connectivity index (χ1n) is 4.25. The number of nitrogens with two attached hydrogens (primary N) is 1. The van der Waals surface area contributed by atoms with Crippen molar-refractivity contribution in [3.05, 3.63) is 15.0 Å². The fraction of sp³-hybridized carbons (Fsp3) is 0.500. The standard InChI is InChI=1S/C8H10IN3O/c9-7-6(8(10)13)5-3-1-2-4-12(5)11-7/h1-4H2,(H2,10,13).